The van der Waals surface area contributed by atoms with E-state index in [2.05, 4.69) is 0 Å². The number of aliphatic hydroxyl groups is 1. The monoisotopic (exact) mass is 147 g/mol. The number of amides is 1. The fraction of sp³-hybridized carbons (Fsp3) is 0.833. The van der Waals surface area contributed by atoms with Gasteiger partial charge in [-0.05, 0) is 20.8 Å². The van der Waals surface area contributed by atoms with Gasteiger partial charge < -0.3 is 10.2 Å². The minimum absolute atomic E-state index is 0.291. The van der Waals surface area contributed by atoms with Crippen LogP contribution in [0.4, 0.5) is 4.79 Å². The Hall–Kier alpha value is -0.770. The van der Waals surface area contributed by atoms with Gasteiger partial charge in [0, 0.05) is 6.54 Å². The smallest absolute Gasteiger partial charge is 0.409 e. The Morgan fingerprint density at radius 1 is 1.60 bits per heavy atom. The van der Waals surface area contributed by atoms with Crippen LogP contribution in [0.25, 0.3) is 0 Å². The molecule has 0 aromatic rings. The summed E-state index contributed by atoms with van der Waals surface area (Å²) < 4.78 is 0. The largest absolute Gasteiger partial charge is 0.465 e. The zero-order valence-corrected chi connectivity index (χ0v) is 6.46. The minimum atomic E-state index is -1.28. The lowest BCUT2D eigenvalue weighted by Crippen LogP contribution is -2.46. The van der Waals surface area contributed by atoms with Crippen molar-refractivity contribution < 1.29 is 15.0 Å². The Kier molecular flexibility index (Phi) is 2.65. The fourth-order valence-corrected chi connectivity index (χ4v) is 0.756. The summed E-state index contributed by atoms with van der Waals surface area (Å²) in [5, 5.41) is 17.7. The van der Waals surface area contributed by atoms with Gasteiger partial charge in [0.15, 0.2) is 0 Å². The quantitative estimate of drug-likeness (QED) is 0.565. The number of carbonyl (C=O) groups is 1. The molecule has 0 radical (unpaired) electrons. The van der Waals surface area contributed by atoms with Crippen LogP contribution in [0.15, 0.2) is 0 Å². The second-order valence-corrected chi connectivity index (χ2v) is 2.52. The normalized spacial score (nSPS) is 11.2. The third-order valence-corrected chi connectivity index (χ3v) is 1.21. The van der Waals surface area contributed by atoms with Crippen LogP contribution in [0.5, 0.6) is 0 Å². The van der Waals surface area contributed by atoms with Crippen LogP contribution in [0.1, 0.15) is 20.8 Å². The second kappa shape index (κ2) is 2.88. The highest BCUT2D eigenvalue weighted by Crippen LogP contribution is 2.08. The van der Waals surface area contributed by atoms with Crippen LogP contribution in [0, 0.1) is 0 Å². The maximum Gasteiger partial charge on any atom is 0.409 e. The molecule has 0 rings (SSSR count). The first-order valence-corrected chi connectivity index (χ1v) is 3.12. The van der Waals surface area contributed by atoms with Crippen LogP contribution < -0.4 is 0 Å². The second-order valence-electron chi connectivity index (χ2n) is 2.52. The lowest BCUT2D eigenvalue weighted by atomic mass is 10.3. The van der Waals surface area contributed by atoms with E-state index in [9.17, 15) is 9.90 Å². The van der Waals surface area contributed by atoms with E-state index in [1.165, 1.54) is 13.8 Å². The maximum atomic E-state index is 10.3. The van der Waals surface area contributed by atoms with Gasteiger partial charge in [-0.1, -0.05) is 0 Å². The molecule has 0 aliphatic carbocycles. The van der Waals surface area contributed by atoms with Crippen LogP contribution in [-0.4, -0.2) is 33.5 Å². The van der Waals surface area contributed by atoms with Gasteiger partial charge in [-0.2, -0.15) is 0 Å². The van der Waals surface area contributed by atoms with Gasteiger partial charge in [0.2, 0.25) is 0 Å². The summed E-state index contributed by atoms with van der Waals surface area (Å²) in [7, 11) is 0. The van der Waals surface area contributed by atoms with Gasteiger partial charge in [-0.25, -0.2) is 4.79 Å². The molecule has 0 spiro atoms. The Bertz CT molecular complexity index is 127. The molecule has 0 fully saturated rings. The average molecular weight is 147 g/mol. The Labute approximate surface area is 60.1 Å². The summed E-state index contributed by atoms with van der Waals surface area (Å²) in [6.45, 7) is 4.83. The third kappa shape index (κ3) is 2.23. The van der Waals surface area contributed by atoms with Gasteiger partial charge in [0.1, 0.15) is 5.72 Å². The number of carboxylic acid groups (broad SMARTS) is 1. The van der Waals surface area contributed by atoms with E-state index in [1.54, 1.807) is 6.92 Å². The number of hydrogen-bond acceptors (Lipinski definition) is 2. The zero-order chi connectivity index (χ0) is 8.36. The molecule has 0 aliphatic rings. The van der Waals surface area contributed by atoms with Crippen molar-refractivity contribution in [2.75, 3.05) is 6.54 Å². The Morgan fingerprint density at radius 3 is 2.00 bits per heavy atom. The highest BCUT2D eigenvalue weighted by atomic mass is 16.4. The fourth-order valence-electron chi connectivity index (χ4n) is 0.756. The predicted molar refractivity (Wildman–Crippen MR) is 36.7 cm³/mol. The highest BCUT2D eigenvalue weighted by molar-refractivity contribution is 5.65. The number of hydrogen-bond donors (Lipinski definition) is 2. The molecule has 1 amide bonds. The first-order chi connectivity index (χ1) is 4.39. The number of nitrogens with zero attached hydrogens (tertiary/aromatic N) is 1. The summed E-state index contributed by atoms with van der Waals surface area (Å²) in [5.41, 5.74) is -1.28. The van der Waals surface area contributed by atoms with Gasteiger partial charge in [0.25, 0.3) is 0 Å². The van der Waals surface area contributed by atoms with Crippen LogP contribution in [0.3, 0.4) is 0 Å². The maximum absolute atomic E-state index is 10.3. The van der Waals surface area contributed by atoms with Gasteiger partial charge >= 0.3 is 6.09 Å². The van der Waals surface area contributed by atoms with Crippen molar-refractivity contribution in [2.45, 2.75) is 26.5 Å². The van der Waals surface area contributed by atoms with Crippen molar-refractivity contribution >= 4 is 6.09 Å². The molecule has 60 valence electrons. The zero-order valence-electron chi connectivity index (χ0n) is 6.46. The summed E-state index contributed by atoms with van der Waals surface area (Å²) >= 11 is 0. The van der Waals surface area contributed by atoms with Crippen LogP contribution in [-0.2, 0) is 0 Å². The van der Waals surface area contributed by atoms with Crippen LogP contribution >= 0.6 is 0 Å². The molecule has 2 N–H and O–H groups in total. The molecule has 0 aliphatic heterocycles. The Morgan fingerprint density at radius 2 is 2.00 bits per heavy atom. The minimum Gasteiger partial charge on any atom is -0.465 e. The summed E-state index contributed by atoms with van der Waals surface area (Å²) in [4.78, 5) is 11.3. The molecule has 4 nitrogen and oxygen atoms in total. The lowest BCUT2D eigenvalue weighted by molar-refractivity contribution is -0.0591. The van der Waals surface area contributed by atoms with Crippen molar-refractivity contribution in [3.8, 4) is 0 Å². The van der Waals surface area contributed by atoms with Crippen molar-refractivity contribution in [1.29, 1.82) is 0 Å². The molecule has 0 aromatic heterocycles. The molecule has 0 saturated heterocycles. The van der Waals surface area contributed by atoms with Crippen LogP contribution in [0.2, 0.25) is 0 Å². The molecule has 0 heterocycles. The molecule has 0 aromatic carbocycles. The molecule has 0 atom stereocenters. The molecule has 4 heteroatoms. The molecule has 10 heavy (non-hydrogen) atoms. The Balaban J connectivity index is 4.22. The highest BCUT2D eigenvalue weighted by Gasteiger charge is 2.25. The first kappa shape index (κ1) is 9.23. The van der Waals surface area contributed by atoms with E-state index in [-0.39, 0.29) is 0 Å². The van der Waals surface area contributed by atoms with Crippen molar-refractivity contribution in [2.24, 2.45) is 0 Å². The van der Waals surface area contributed by atoms with E-state index >= 15 is 0 Å². The average Bonchev–Trinajstić information content (AvgIpc) is 1.60. The topological polar surface area (TPSA) is 60.8 Å². The first-order valence-electron chi connectivity index (χ1n) is 3.12. The standard InChI is InChI=1S/C6H13NO3/c1-4-7(5(8)9)6(2,3)10/h10H,4H2,1-3H3,(H,8,9). The lowest BCUT2D eigenvalue weighted by Gasteiger charge is -2.30. The molecular weight excluding hydrogens is 134 g/mol. The molecule has 0 unspecified atom stereocenters. The van der Waals surface area contributed by atoms with Gasteiger partial charge in [-0.3, -0.25) is 4.90 Å². The molecular formula is C6H13NO3. The number of rotatable bonds is 2. The SMILES string of the molecule is CCN(C(=O)O)C(C)(C)O. The van der Waals surface area contributed by atoms with E-state index in [1.807, 2.05) is 0 Å². The van der Waals surface area contributed by atoms with Crippen molar-refractivity contribution in [3.63, 3.8) is 0 Å². The van der Waals surface area contributed by atoms with Crippen molar-refractivity contribution in [1.82, 2.24) is 4.90 Å². The molecule has 0 bridgehead atoms. The summed E-state index contributed by atoms with van der Waals surface area (Å²) in [6.07, 6.45) is -1.10. The molecule has 0 saturated carbocycles. The van der Waals surface area contributed by atoms with Gasteiger partial charge in [0.05, 0.1) is 0 Å². The van der Waals surface area contributed by atoms with E-state index in [4.69, 9.17) is 5.11 Å². The van der Waals surface area contributed by atoms with E-state index in [0.29, 0.717) is 6.54 Å². The summed E-state index contributed by atoms with van der Waals surface area (Å²) in [6, 6.07) is 0. The van der Waals surface area contributed by atoms with E-state index < -0.39 is 11.8 Å². The van der Waals surface area contributed by atoms with Gasteiger partial charge in [-0.15, -0.1) is 0 Å². The predicted octanol–water partition coefficient (Wildman–Crippen LogP) is 0.715. The van der Waals surface area contributed by atoms with E-state index in [0.717, 1.165) is 4.90 Å². The summed E-state index contributed by atoms with van der Waals surface area (Å²) in [5.74, 6) is 0. The third-order valence-electron chi connectivity index (χ3n) is 1.21. The van der Waals surface area contributed by atoms with Crippen molar-refractivity contribution in [3.05, 3.63) is 0 Å².